The Bertz CT molecular complexity index is 622. The zero-order valence-corrected chi connectivity index (χ0v) is 9.66. The second-order valence-corrected chi connectivity index (χ2v) is 3.97. The van der Waals surface area contributed by atoms with Crippen LogP contribution in [-0.2, 0) is 0 Å². The number of oxazole rings is 1. The molecule has 0 spiro atoms. The molecule has 0 unspecified atom stereocenters. The third kappa shape index (κ3) is 1.70. The first-order chi connectivity index (χ1) is 8.44. The van der Waals surface area contributed by atoms with Crippen LogP contribution in [0.2, 0.25) is 0 Å². The van der Waals surface area contributed by atoms with Gasteiger partial charge in [-0.2, -0.15) is 0 Å². The third-order valence-electron chi connectivity index (χ3n) is 2.58. The fourth-order valence-corrected chi connectivity index (χ4v) is 1.89. The molecule has 3 rings (SSSR count). The lowest BCUT2D eigenvalue weighted by molar-refractivity contribution is -0.286. The van der Waals surface area contributed by atoms with Crippen molar-refractivity contribution in [2.45, 2.75) is 20.1 Å². The highest BCUT2D eigenvalue weighted by Gasteiger charge is 2.43. The van der Waals surface area contributed by atoms with E-state index in [4.69, 9.17) is 4.42 Å². The molecule has 0 aliphatic carbocycles. The lowest BCUT2D eigenvalue weighted by Crippen LogP contribution is -2.25. The standard InChI is InChI=1S/C12H9F2NO3/c1-6-11(15-7(2)16-6)8-3-4-9-10(5-8)18-12(13,14)17-9/h3-5H,1-2H3. The molecule has 1 aromatic carbocycles. The van der Waals surface area contributed by atoms with E-state index in [-0.39, 0.29) is 11.5 Å². The molecule has 2 aromatic rings. The molecule has 94 valence electrons. The summed E-state index contributed by atoms with van der Waals surface area (Å²) in [5.41, 5.74) is 1.25. The predicted octanol–water partition coefficient (Wildman–Crippen LogP) is 3.28. The maximum atomic E-state index is 12.9. The second-order valence-electron chi connectivity index (χ2n) is 3.97. The fourth-order valence-electron chi connectivity index (χ4n) is 1.89. The maximum Gasteiger partial charge on any atom is 0.586 e. The van der Waals surface area contributed by atoms with Crippen LogP contribution in [0.3, 0.4) is 0 Å². The average molecular weight is 253 g/mol. The number of aryl methyl sites for hydroxylation is 2. The Labute approximate surface area is 101 Å². The molecular formula is C12H9F2NO3. The lowest BCUT2D eigenvalue weighted by atomic mass is 10.1. The van der Waals surface area contributed by atoms with Crippen molar-refractivity contribution in [3.63, 3.8) is 0 Å². The van der Waals surface area contributed by atoms with Crippen LogP contribution in [0.15, 0.2) is 22.6 Å². The first-order valence-electron chi connectivity index (χ1n) is 5.29. The maximum absolute atomic E-state index is 12.9. The molecule has 0 amide bonds. The molecule has 18 heavy (non-hydrogen) atoms. The third-order valence-corrected chi connectivity index (χ3v) is 2.58. The summed E-state index contributed by atoms with van der Waals surface area (Å²) in [6, 6.07) is 4.52. The highest BCUT2D eigenvalue weighted by molar-refractivity contribution is 5.65. The number of benzene rings is 1. The monoisotopic (exact) mass is 253 g/mol. The van der Waals surface area contributed by atoms with Crippen molar-refractivity contribution in [3.05, 3.63) is 29.9 Å². The largest absolute Gasteiger partial charge is 0.586 e. The minimum atomic E-state index is -3.60. The van der Waals surface area contributed by atoms with Gasteiger partial charge in [-0.15, -0.1) is 8.78 Å². The number of hydrogen-bond acceptors (Lipinski definition) is 4. The van der Waals surface area contributed by atoms with E-state index in [1.807, 2.05) is 0 Å². The predicted molar refractivity (Wildman–Crippen MR) is 57.6 cm³/mol. The zero-order valence-electron chi connectivity index (χ0n) is 9.66. The highest BCUT2D eigenvalue weighted by atomic mass is 19.3. The van der Waals surface area contributed by atoms with E-state index < -0.39 is 6.29 Å². The summed E-state index contributed by atoms with van der Waals surface area (Å²) in [6.07, 6.45) is -3.60. The fraction of sp³-hybridized carbons (Fsp3) is 0.250. The zero-order chi connectivity index (χ0) is 12.9. The van der Waals surface area contributed by atoms with Crippen molar-refractivity contribution in [2.24, 2.45) is 0 Å². The van der Waals surface area contributed by atoms with Crippen molar-refractivity contribution in [1.29, 1.82) is 0 Å². The summed E-state index contributed by atoms with van der Waals surface area (Å²) in [6.45, 7) is 3.48. The first-order valence-corrected chi connectivity index (χ1v) is 5.29. The van der Waals surface area contributed by atoms with Gasteiger partial charge in [-0.3, -0.25) is 0 Å². The number of halogens is 2. The van der Waals surface area contributed by atoms with E-state index in [0.717, 1.165) is 0 Å². The number of alkyl halides is 2. The van der Waals surface area contributed by atoms with Crippen molar-refractivity contribution >= 4 is 0 Å². The van der Waals surface area contributed by atoms with Gasteiger partial charge in [0.2, 0.25) is 0 Å². The van der Waals surface area contributed by atoms with Crippen molar-refractivity contribution in [2.75, 3.05) is 0 Å². The second kappa shape index (κ2) is 3.44. The highest BCUT2D eigenvalue weighted by Crippen LogP contribution is 2.43. The van der Waals surface area contributed by atoms with Crippen molar-refractivity contribution in [3.8, 4) is 22.8 Å². The summed E-state index contributed by atoms with van der Waals surface area (Å²) in [5.74, 6) is 1.16. The Hall–Kier alpha value is -2.11. The number of hydrogen-bond donors (Lipinski definition) is 0. The number of nitrogens with zero attached hydrogens (tertiary/aromatic N) is 1. The summed E-state index contributed by atoms with van der Waals surface area (Å²) in [7, 11) is 0. The molecule has 2 heterocycles. The molecule has 1 aliphatic heterocycles. The molecular weight excluding hydrogens is 244 g/mol. The van der Waals surface area contributed by atoms with Crippen LogP contribution in [-0.4, -0.2) is 11.3 Å². The average Bonchev–Trinajstić information content (AvgIpc) is 2.74. The van der Waals surface area contributed by atoms with Crippen LogP contribution >= 0.6 is 0 Å². The van der Waals surface area contributed by atoms with Gasteiger partial charge in [0.05, 0.1) is 0 Å². The number of ether oxygens (including phenoxy) is 2. The molecule has 0 atom stereocenters. The van der Waals surface area contributed by atoms with Crippen LogP contribution in [0, 0.1) is 13.8 Å². The van der Waals surface area contributed by atoms with Gasteiger partial charge in [0.25, 0.3) is 0 Å². The molecule has 0 saturated heterocycles. The van der Waals surface area contributed by atoms with Crippen LogP contribution in [0.5, 0.6) is 11.5 Å². The Morgan fingerprint density at radius 3 is 2.50 bits per heavy atom. The quantitative estimate of drug-likeness (QED) is 0.782. The Balaban J connectivity index is 2.05. The van der Waals surface area contributed by atoms with E-state index in [2.05, 4.69) is 14.5 Å². The van der Waals surface area contributed by atoms with E-state index in [1.54, 1.807) is 19.9 Å². The topological polar surface area (TPSA) is 44.5 Å². The minimum absolute atomic E-state index is 0.00227. The van der Waals surface area contributed by atoms with E-state index in [1.165, 1.54) is 12.1 Å². The van der Waals surface area contributed by atoms with Gasteiger partial charge in [0.1, 0.15) is 11.5 Å². The van der Waals surface area contributed by atoms with Gasteiger partial charge >= 0.3 is 6.29 Å². The molecule has 1 aromatic heterocycles. The summed E-state index contributed by atoms with van der Waals surface area (Å²) < 4.78 is 39.8. The number of fused-ring (bicyclic) bond motifs is 1. The van der Waals surface area contributed by atoms with Crippen LogP contribution in [0.25, 0.3) is 11.3 Å². The number of rotatable bonds is 1. The van der Waals surface area contributed by atoms with Gasteiger partial charge in [0, 0.05) is 12.5 Å². The Kier molecular flexibility index (Phi) is 2.10. The van der Waals surface area contributed by atoms with E-state index >= 15 is 0 Å². The molecule has 0 N–H and O–H groups in total. The minimum Gasteiger partial charge on any atom is -0.446 e. The first kappa shape index (κ1) is 11.0. The van der Waals surface area contributed by atoms with Gasteiger partial charge < -0.3 is 13.9 Å². The Morgan fingerprint density at radius 1 is 1.11 bits per heavy atom. The summed E-state index contributed by atoms with van der Waals surface area (Å²) in [4.78, 5) is 4.19. The Morgan fingerprint density at radius 2 is 1.83 bits per heavy atom. The van der Waals surface area contributed by atoms with Crippen LogP contribution < -0.4 is 9.47 Å². The molecule has 0 radical (unpaired) electrons. The van der Waals surface area contributed by atoms with E-state index in [0.29, 0.717) is 22.9 Å². The SMILES string of the molecule is Cc1nc(-c2ccc3c(c2)OC(F)(F)O3)c(C)o1. The van der Waals surface area contributed by atoms with Gasteiger partial charge in [0.15, 0.2) is 17.4 Å². The van der Waals surface area contributed by atoms with E-state index in [9.17, 15) is 8.78 Å². The van der Waals surface area contributed by atoms with Gasteiger partial charge in [-0.25, -0.2) is 4.98 Å². The van der Waals surface area contributed by atoms with Crippen LogP contribution in [0.1, 0.15) is 11.7 Å². The van der Waals surface area contributed by atoms with Gasteiger partial charge in [-0.1, -0.05) is 0 Å². The molecule has 0 saturated carbocycles. The van der Waals surface area contributed by atoms with Crippen LogP contribution in [0.4, 0.5) is 8.78 Å². The molecule has 6 heteroatoms. The number of aromatic nitrogens is 1. The van der Waals surface area contributed by atoms with Crippen molar-refractivity contribution in [1.82, 2.24) is 4.98 Å². The van der Waals surface area contributed by atoms with Gasteiger partial charge in [-0.05, 0) is 25.1 Å². The smallest absolute Gasteiger partial charge is 0.446 e. The summed E-state index contributed by atoms with van der Waals surface area (Å²) in [5, 5.41) is 0. The summed E-state index contributed by atoms with van der Waals surface area (Å²) >= 11 is 0. The molecule has 1 aliphatic rings. The normalized spacial score (nSPS) is 16.0. The lowest BCUT2D eigenvalue weighted by Gasteiger charge is -2.04. The molecule has 0 fully saturated rings. The molecule has 4 nitrogen and oxygen atoms in total. The van der Waals surface area contributed by atoms with Crippen molar-refractivity contribution < 1.29 is 22.7 Å². The molecule has 0 bridgehead atoms.